The van der Waals surface area contributed by atoms with Crippen LogP contribution in [0.1, 0.15) is 22.8 Å². The van der Waals surface area contributed by atoms with Crippen LogP contribution in [0, 0.1) is 0 Å². The summed E-state index contributed by atoms with van der Waals surface area (Å²) in [4.78, 5) is 11.3. The molecule has 2 aromatic carbocycles. The topological polar surface area (TPSA) is 58.6 Å². The first-order chi connectivity index (χ1) is 10.2. The standard InChI is InChI=1S/C17H17NO3/c1-21-14-5-2-11(3-6-14)8-16(19)12-4-7-15-13(9-12)10-17(20)18-15/h2-7,9,16,19H,8,10H2,1H3,(H,18,20). The third-order valence-corrected chi connectivity index (χ3v) is 3.73. The van der Waals surface area contributed by atoms with Crippen molar-refractivity contribution in [1.29, 1.82) is 0 Å². The summed E-state index contributed by atoms with van der Waals surface area (Å²) >= 11 is 0. The Balaban J connectivity index is 1.74. The van der Waals surface area contributed by atoms with Crippen molar-refractivity contribution in [1.82, 2.24) is 0 Å². The maximum atomic E-state index is 11.3. The van der Waals surface area contributed by atoms with Crippen LogP contribution in [0.3, 0.4) is 0 Å². The van der Waals surface area contributed by atoms with E-state index < -0.39 is 6.10 Å². The zero-order valence-electron chi connectivity index (χ0n) is 11.8. The van der Waals surface area contributed by atoms with E-state index in [4.69, 9.17) is 4.74 Å². The first-order valence-electron chi connectivity index (χ1n) is 6.89. The normalized spacial score (nSPS) is 14.5. The summed E-state index contributed by atoms with van der Waals surface area (Å²) in [5.74, 6) is 0.808. The molecule has 1 unspecified atom stereocenters. The van der Waals surface area contributed by atoms with Gasteiger partial charge in [0.2, 0.25) is 5.91 Å². The van der Waals surface area contributed by atoms with Crippen molar-refractivity contribution in [2.75, 3.05) is 12.4 Å². The molecule has 0 bridgehead atoms. The van der Waals surface area contributed by atoms with Crippen molar-refractivity contribution in [2.45, 2.75) is 18.9 Å². The highest BCUT2D eigenvalue weighted by Crippen LogP contribution is 2.28. The zero-order chi connectivity index (χ0) is 14.8. The van der Waals surface area contributed by atoms with Crippen LogP contribution in [0.2, 0.25) is 0 Å². The second-order valence-electron chi connectivity index (χ2n) is 5.21. The molecule has 2 aromatic rings. The highest BCUT2D eigenvalue weighted by molar-refractivity contribution is 5.99. The van der Waals surface area contributed by atoms with Crippen LogP contribution >= 0.6 is 0 Å². The maximum absolute atomic E-state index is 11.3. The smallest absolute Gasteiger partial charge is 0.228 e. The van der Waals surface area contributed by atoms with Crippen LogP contribution in [0.4, 0.5) is 5.69 Å². The summed E-state index contributed by atoms with van der Waals surface area (Å²) in [6, 6.07) is 13.3. The Bertz CT molecular complexity index is 664. The van der Waals surface area contributed by atoms with Crippen LogP contribution in [0.5, 0.6) is 5.75 Å². The van der Waals surface area contributed by atoms with Crippen LogP contribution in [-0.2, 0) is 17.6 Å². The Hall–Kier alpha value is -2.33. The Kier molecular flexibility index (Phi) is 3.62. The summed E-state index contributed by atoms with van der Waals surface area (Å²) in [6.45, 7) is 0. The van der Waals surface area contributed by atoms with Crippen LogP contribution < -0.4 is 10.1 Å². The quantitative estimate of drug-likeness (QED) is 0.906. The van der Waals surface area contributed by atoms with Gasteiger partial charge >= 0.3 is 0 Å². The molecule has 0 radical (unpaired) electrons. The number of ether oxygens (including phenoxy) is 1. The Labute approximate surface area is 123 Å². The molecule has 4 heteroatoms. The van der Waals surface area contributed by atoms with E-state index in [1.165, 1.54) is 0 Å². The summed E-state index contributed by atoms with van der Waals surface area (Å²) < 4.78 is 5.12. The molecule has 0 spiro atoms. The average molecular weight is 283 g/mol. The van der Waals surface area contributed by atoms with E-state index in [1.54, 1.807) is 7.11 Å². The van der Waals surface area contributed by atoms with Gasteiger partial charge in [-0.15, -0.1) is 0 Å². The molecule has 1 amide bonds. The highest BCUT2D eigenvalue weighted by Gasteiger charge is 2.19. The summed E-state index contributed by atoms with van der Waals surface area (Å²) in [5.41, 5.74) is 3.67. The molecule has 0 aliphatic carbocycles. The minimum atomic E-state index is -0.584. The van der Waals surface area contributed by atoms with Crippen molar-refractivity contribution in [3.8, 4) is 5.75 Å². The number of carbonyl (C=O) groups excluding carboxylic acids is 1. The lowest BCUT2D eigenvalue weighted by Crippen LogP contribution is -2.03. The predicted molar refractivity (Wildman–Crippen MR) is 80.4 cm³/mol. The van der Waals surface area contributed by atoms with Crippen molar-refractivity contribution in [3.63, 3.8) is 0 Å². The molecule has 108 valence electrons. The minimum Gasteiger partial charge on any atom is -0.497 e. The lowest BCUT2D eigenvalue weighted by Gasteiger charge is -2.13. The molecule has 1 atom stereocenters. The van der Waals surface area contributed by atoms with Gasteiger partial charge in [0.1, 0.15) is 5.75 Å². The van der Waals surface area contributed by atoms with Crippen molar-refractivity contribution in [3.05, 3.63) is 59.2 Å². The molecule has 1 aliphatic heterocycles. The number of nitrogens with one attached hydrogen (secondary N) is 1. The molecule has 2 N–H and O–H groups in total. The number of methoxy groups -OCH3 is 1. The number of benzene rings is 2. The number of anilines is 1. The monoisotopic (exact) mass is 283 g/mol. The van der Waals surface area contributed by atoms with Crippen LogP contribution in [0.15, 0.2) is 42.5 Å². The van der Waals surface area contributed by atoms with Crippen LogP contribution in [0.25, 0.3) is 0 Å². The molecule has 0 saturated carbocycles. The minimum absolute atomic E-state index is 0.00629. The zero-order valence-corrected chi connectivity index (χ0v) is 11.8. The maximum Gasteiger partial charge on any atom is 0.228 e. The molecular formula is C17H17NO3. The molecule has 0 aromatic heterocycles. The van der Waals surface area contributed by atoms with Gasteiger partial charge in [0, 0.05) is 12.1 Å². The van der Waals surface area contributed by atoms with Gasteiger partial charge in [0.05, 0.1) is 19.6 Å². The Morgan fingerprint density at radius 3 is 2.71 bits per heavy atom. The van der Waals surface area contributed by atoms with Gasteiger partial charge in [-0.3, -0.25) is 4.79 Å². The van der Waals surface area contributed by atoms with Crippen LogP contribution in [-0.4, -0.2) is 18.1 Å². The summed E-state index contributed by atoms with van der Waals surface area (Å²) in [6.07, 6.45) is 0.335. The van der Waals surface area contributed by atoms with Crippen molar-refractivity contribution >= 4 is 11.6 Å². The third-order valence-electron chi connectivity index (χ3n) is 3.73. The summed E-state index contributed by atoms with van der Waals surface area (Å²) in [7, 11) is 1.63. The lowest BCUT2D eigenvalue weighted by atomic mass is 9.99. The predicted octanol–water partition coefficient (Wildman–Crippen LogP) is 2.47. The van der Waals surface area contributed by atoms with E-state index >= 15 is 0 Å². The number of amides is 1. The number of hydrogen-bond donors (Lipinski definition) is 2. The van der Waals surface area contributed by atoms with Gasteiger partial charge in [-0.2, -0.15) is 0 Å². The number of aliphatic hydroxyl groups is 1. The number of hydrogen-bond acceptors (Lipinski definition) is 3. The van der Waals surface area contributed by atoms with Gasteiger partial charge in [0.25, 0.3) is 0 Å². The molecule has 3 rings (SSSR count). The van der Waals surface area contributed by atoms with Gasteiger partial charge in [0.15, 0.2) is 0 Å². The van der Waals surface area contributed by atoms with E-state index in [0.717, 1.165) is 28.1 Å². The van der Waals surface area contributed by atoms with Crippen molar-refractivity contribution in [2.24, 2.45) is 0 Å². The van der Waals surface area contributed by atoms with Gasteiger partial charge in [-0.25, -0.2) is 0 Å². The third kappa shape index (κ3) is 2.90. The fraction of sp³-hybridized carbons (Fsp3) is 0.235. The van der Waals surface area contributed by atoms with Gasteiger partial charge < -0.3 is 15.2 Å². The van der Waals surface area contributed by atoms with Gasteiger partial charge in [-0.05, 0) is 34.9 Å². The van der Waals surface area contributed by atoms with Crippen molar-refractivity contribution < 1.29 is 14.6 Å². The molecule has 0 fully saturated rings. The largest absolute Gasteiger partial charge is 0.497 e. The van der Waals surface area contributed by atoms with E-state index in [-0.39, 0.29) is 5.91 Å². The first kappa shape index (κ1) is 13.6. The van der Waals surface area contributed by atoms with E-state index in [2.05, 4.69) is 5.32 Å². The average Bonchev–Trinajstić information content (AvgIpc) is 2.87. The van der Waals surface area contributed by atoms with Gasteiger partial charge in [-0.1, -0.05) is 24.3 Å². The molecule has 1 aliphatic rings. The molecule has 1 heterocycles. The summed E-state index contributed by atoms with van der Waals surface area (Å²) in [5, 5.41) is 13.2. The number of aliphatic hydroxyl groups excluding tert-OH is 1. The van der Waals surface area contributed by atoms with E-state index in [9.17, 15) is 9.90 Å². The highest BCUT2D eigenvalue weighted by atomic mass is 16.5. The SMILES string of the molecule is COc1ccc(CC(O)c2ccc3c(c2)CC(=O)N3)cc1. The lowest BCUT2D eigenvalue weighted by molar-refractivity contribution is -0.115. The Morgan fingerprint density at radius 2 is 2.00 bits per heavy atom. The number of rotatable bonds is 4. The second-order valence-corrected chi connectivity index (χ2v) is 5.21. The fourth-order valence-electron chi connectivity index (χ4n) is 2.56. The Morgan fingerprint density at radius 1 is 1.24 bits per heavy atom. The number of fused-ring (bicyclic) bond motifs is 1. The molecular weight excluding hydrogens is 266 g/mol. The van der Waals surface area contributed by atoms with E-state index in [1.807, 2.05) is 42.5 Å². The second kappa shape index (κ2) is 5.58. The van der Waals surface area contributed by atoms with E-state index in [0.29, 0.717) is 12.8 Å². The molecule has 21 heavy (non-hydrogen) atoms. The molecule has 4 nitrogen and oxygen atoms in total. The number of carbonyl (C=O) groups is 1. The first-order valence-corrected chi connectivity index (χ1v) is 6.89. The fourth-order valence-corrected chi connectivity index (χ4v) is 2.56. The molecule has 0 saturated heterocycles.